The van der Waals surface area contributed by atoms with E-state index in [1.54, 1.807) is 17.9 Å². The topological polar surface area (TPSA) is 75.9 Å². The van der Waals surface area contributed by atoms with Gasteiger partial charge in [0.15, 0.2) is 11.7 Å². The highest BCUT2D eigenvalue weighted by Gasteiger charge is 2.26. The van der Waals surface area contributed by atoms with Crippen molar-refractivity contribution in [2.24, 2.45) is 0 Å². The van der Waals surface area contributed by atoms with Crippen molar-refractivity contribution in [2.45, 2.75) is 19.6 Å². The van der Waals surface area contributed by atoms with Crippen LogP contribution in [0.2, 0.25) is 0 Å². The molecule has 7 heteroatoms. The number of nitrogens with zero attached hydrogens (tertiary/aromatic N) is 3. The Morgan fingerprint density at radius 3 is 2.52 bits per heavy atom. The second-order valence-electron chi connectivity index (χ2n) is 7.52. The average Bonchev–Trinajstić information content (AvgIpc) is 3.21. The lowest BCUT2D eigenvalue weighted by molar-refractivity contribution is -0.156. The van der Waals surface area contributed by atoms with E-state index in [4.69, 9.17) is 9.15 Å². The second-order valence-corrected chi connectivity index (χ2v) is 7.52. The highest BCUT2D eigenvalue weighted by molar-refractivity contribution is 5.90. The highest BCUT2D eigenvalue weighted by atomic mass is 16.5. The van der Waals surface area contributed by atoms with Gasteiger partial charge in [-0.15, -0.1) is 0 Å². The predicted octanol–water partition coefficient (Wildman–Crippen LogP) is 3.12. The number of piperazine rings is 1. The van der Waals surface area contributed by atoms with Gasteiger partial charge >= 0.3 is 5.97 Å². The summed E-state index contributed by atoms with van der Waals surface area (Å²) in [4.78, 5) is 33.1. The Morgan fingerprint density at radius 2 is 1.77 bits per heavy atom. The van der Waals surface area contributed by atoms with Crippen LogP contribution in [0, 0.1) is 0 Å². The van der Waals surface area contributed by atoms with Gasteiger partial charge in [-0.3, -0.25) is 9.69 Å². The summed E-state index contributed by atoms with van der Waals surface area (Å²) in [5, 5.41) is 0. The first-order valence-corrected chi connectivity index (χ1v) is 10.4. The number of esters is 1. The largest absolute Gasteiger partial charge is 0.449 e. The van der Waals surface area contributed by atoms with Crippen LogP contribution in [0.1, 0.15) is 18.4 Å². The van der Waals surface area contributed by atoms with Gasteiger partial charge in [-0.05, 0) is 24.6 Å². The van der Waals surface area contributed by atoms with Gasteiger partial charge in [-0.2, -0.15) is 0 Å². The van der Waals surface area contributed by atoms with E-state index in [0.29, 0.717) is 30.1 Å². The number of carbonyl (C=O) groups excluding carboxylic acids is 2. The van der Waals surface area contributed by atoms with Crippen molar-refractivity contribution in [3.63, 3.8) is 0 Å². The number of benzene rings is 2. The number of oxazole rings is 1. The third-order valence-electron chi connectivity index (χ3n) is 5.25. The van der Waals surface area contributed by atoms with Crippen molar-refractivity contribution in [3.8, 4) is 0 Å². The van der Waals surface area contributed by atoms with Gasteiger partial charge in [0.1, 0.15) is 5.52 Å². The van der Waals surface area contributed by atoms with E-state index < -0.39 is 12.1 Å². The fourth-order valence-electron chi connectivity index (χ4n) is 3.59. The summed E-state index contributed by atoms with van der Waals surface area (Å²) < 4.78 is 10.8. The summed E-state index contributed by atoms with van der Waals surface area (Å²) in [6.45, 7) is 5.29. The number of hydrogen-bond donors (Lipinski definition) is 0. The number of fused-ring (bicyclic) bond motifs is 1. The molecule has 2 heterocycles. The molecule has 0 N–H and O–H groups in total. The minimum absolute atomic E-state index is 0.178. The lowest BCUT2D eigenvalue weighted by Crippen LogP contribution is -2.51. The molecule has 7 nitrogen and oxygen atoms in total. The van der Waals surface area contributed by atoms with Gasteiger partial charge in [0, 0.05) is 44.9 Å². The highest BCUT2D eigenvalue weighted by Crippen LogP contribution is 2.16. The summed E-state index contributed by atoms with van der Waals surface area (Å²) >= 11 is 0. The molecule has 0 aliphatic carbocycles. The van der Waals surface area contributed by atoms with Gasteiger partial charge in [0.2, 0.25) is 5.89 Å². The average molecular weight is 419 g/mol. The van der Waals surface area contributed by atoms with Crippen molar-refractivity contribution < 1.29 is 18.7 Å². The summed E-state index contributed by atoms with van der Waals surface area (Å²) in [6.07, 6.45) is 1.83. The molecule has 3 aromatic rings. The first-order chi connectivity index (χ1) is 15.1. The number of rotatable bonds is 6. The second kappa shape index (κ2) is 9.57. The maximum absolute atomic E-state index is 12.7. The van der Waals surface area contributed by atoms with Gasteiger partial charge in [-0.1, -0.05) is 42.5 Å². The summed E-state index contributed by atoms with van der Waals surface area (Å²) in [7, 11) is 0. The molecule has 1 aliphatic heterocycles. The van der Waals surface area contributed by atoms with Crippen molar-refractivity contribution in [3.05, 3.63) is 72.1 Å². The summed E-state index contributed by atoms with van der Waals surface area (Å²) in [5.41, 5.74) is 2.62. The standard InChI is InChI=1S/C24H25N3O4/c1-18(30-23(28)12-11-22-25-20-9-5-6-10-21(20)31-22)24(29)27-15-13-26(14-16-27)17-19-7-3-2-4-8-19/h2-12,18H,13-17H2,1H3/b12-11+. The summed E-state index contributed by atoms with van der Waals surface area (Å²) in [6, 6.07) is 17.6. The van der Waals surface area contributed by atoms with E-state index >= 15 is 0 Å². The monoisotopic (exact) mass is 419 g/mol. The molecule has 1 atom stereocenters. The third kappa shape index (κ3) is 5.38. The van der Waals surface area contributed by atoms with Crippen LogP contribution in [0.15, 0.2) is 65.1 Å². The zero-order valence-corrected chi connectivity index (χ0v) is 17.4. The summed E-state index contributed by atoms with van der Waals surface area (Å²) in [5.74, 6) is -0.472. The van der Waals surface area contributed by atoms with Crippen molar-refractivity contribution >= 4 is 29.1 Å². The molecule has 1 aromatic heterocycles. The molecule has 31 heavy (non-hydrogen) atoms. The van der Waals surface area contributed by atoms with Gasteiger partial charge in [0.05, 0.1) is 0 Å². The van der Waals surface area contributed by atoms with E-state index in [-0.39, 0.29) is 5.91 Å². The van der Waals surface area contributed by atoms with Gasteiger partial charge in [0.25, 0.3) is 5.91 Å². The van der Waals surface area contributed by atoms with Crippen molar-refractivity contribution in [1.29, 1.82) is 0 Å². The Hall–Kier alpha value is -3.45. The fourth-order valence-corrected chi connectivity index (χ4v) is 3.59. The Morgan fingerprint density at radius 1 is 1.06 bits per heavy atom. The lowest BCUT2D eigenvalue weighted by atomic mass is 10.2. The number of ether oxygens (including phenoxy) is 1. The van der Waals surface area contributed by atoms with E-state index in [1.807, 2.05) is 36.4 Å². The van der Waals surface area contributed by atoms with Crippen LogP contribution in [0.25, 0.3) is 17.2 Å². The molecule has 4 rings (SSSR count). The third-order valence-corrected chi connectivity index (χ3v) is 5.25. The molecule has 1 unspecified atom stereocenters. The molecule has 1 amide bonds. The zero-order chi connectivity index (χ0) is 21.6. The molecule has 0 bridgehead atoms. The Kier molecular flexibility index (Phi) is 6.43. The number of aromatic nitrogens is 1. The Balaban J connectivity index is 1.25. The lowest BCUT2D eigenvalue weighted by Gasteiger charge is -2.35. The van der Waals surface area contributed by atoms with Gasteiger partial charge in [-0.25, -0.2) is 9.78 Å². The zero-order valence-electron chi connectivity index (χ0n) is 17.4. The molecule has 2 aromatic carbocycles. The molecule has 160 valence electrons. The first kappa shape index (κ1) is 20.8. The quantitative estimate of drug-likeness (QED) is 0.451. The molecule has 0 saturated carbocycles. The molecular formula is C24H25N3O4. The minimum atomic E-state index is -0.846. The molecule has 1 fully saturated rings. The Bertz CT molecular complexity index is 1040. The molecule has 0 spiro atoms. The maximum atomic E-state index is 12.7. The van der Waals surface area contributed by atoms with E-state index in [0.717, 1.165) is 19.6 Å². The number of amides is 1. The molecular weight excluding hydrogens is 394 g/mol. The van der Waals surface area contributed by atoms with Crippen molar-refractivity contribution in [2.75, 3.05) is 26.2 Å². The SMILES string of the molecule is CC(OC(=O)/C=C/c1nc2ccccc2o1)C(=O)N1CCN(Cc2ccccc2)CC1. The van der Waals surface area contributed by atoms with Crippen LogP contribution in [0.4, 0.5) is 0 Å². The van der Waals surface area contributed by atoms with E-state index in [1.165, 1.54) is 17.7 Å². The maximum Gasteiger partial charge on any atom is 0.331 e. The van der Waals surface area contributed by atoms with Gasteiger partial charge < -0.3 is 14.1 Å². The Labute approximate surface area is 180 Å². The molecule has 1 aliphatic rings. The number of hydrogen-bond acceptors (Lipinski definition) is 6. The number of carbonyl (C=O) groups is 2. The predicted molar refractivity (Wildman–Crippen MR) is 117 cm³/mol. The van der Waals surface area contributed by atoms with Crippen LogP contribution in [0.3, 0.4) is 0 Å². The van der Waals surface area contributed by atoms with Crippen LogP contribution >= 0.6 is 0 Å². The number of para-hydroxylation sites is 2. The van der Waals surface area contributed by atoms with Crippen molar-refractivity contribution in [1.82, 2.24) is 14.8 Å². The fraction of sp³-hybridized carbons (Fsp3) is 0.292. The van der Waals surface area contributed by atoms with E-state index in [2.05, 4.69) is 22.0 Å². The van der Waals surface area contributed by atoms with Crippen LogP contribution < -0.4 is 0 Å². The first-order valence-electron chi connectivity index (χ1n) is 10.4. The smallest absolute Gasteiger partial charge is 0.331 e. The molecule has 0 radical (unpaired) electrons. The van der Waals surface area contributed by atoms with Crippen LogP contribution in [0.5, 0.6) is 0 Å². The molecule has 1 saturated heterocycles. The van der Waals surface area contributed by atoms with E-state index in [9.17, 15) is 9.59 Å². The van der Waals surface area contributed by atoms with Crippen LogP contribution in [-0.4, -0.2) is 58.9 Å². The van der Waals surface area contributed by atoms with Crippen LogP contribution in [-0.2, 0) is 20.9 Å². The minimum Gasteiger partial charge on any atom is -0.449 e. The normalized spacial score (nSPS) is 16.0.